The highest BCUT2D eigenvalue weighted by Crippen LogP contribution is 2.35. The van der Waals surface area contributed by atoms with Crippen LogP contribution in [0.4, 0.5) is 0 Å². The summed E-state index contributed by atoms with van der Waals surface area (Å²) < 4.78 is 10.6. The van der Waals surface area contributed by atoms with Gasteiger partial charge in [-0.25, -0.2) is 0 Å². The quantitative estimate of drug-likeness (QED) is 0.696. The zero-order valence-electron chi connectivity index (χ0n) is 15.7. The molecular formula is C18H23N7OS. The van der Waals surface area contributed by atoms with Crippen molar-refractivity contribution in [2.24, 2.45) is 7.05 Å². The van der Waals surface area contributed by atoms with Gasteiger partial charge in [-0.2, -0.15) is 8.75 Å². The lowest BCUT2D eigenvalue weighted by atomic mass is 9.79. The van der Waals surface area contributed by atoms with Crippen molar-refractivity contribution in [3.05, 3.63) is 35.4 Å². The molecule has 0 radical (unpaired) electrons. The van der Waals surface area contributed by atoms with Crippen LogP contribution in [0.2, 0.25) is 0 Å². The summed E-state index contributed by atoms with van der Waals surface area (Å²) in [4.78, 5) is 13.4. The lowest BCUT2D eigenvalue weighted by Crippen LogP contribution is -2.43. The Morgan fingerprint density at radius 1 is 1.26 bits per heavy atom. The third kappa shape index (κ3) is 3.84. The van der Waals surface area contributed by atoms with Crippen molar-refractivity contribution in [1.29, 1.82) is 0 Å². The number of carbonyl (C=O) groups is 1. The Labute approximate surface area is 161 Å². The molecule has 27 heavy (non-hydrogen) atoms. The molecule has 1 fully saturated rings. The molecule has 0 bridgehead atoms. The second-order valence-corrected chi connectivity index (χ2v) is 7.89. The molecule has 2 aromatic heterocycles. The van der Waals surface area contributed by atoms with E-state index in [1.165, 1.54) is 17.3 Å². The highest BCUT2D eigenvalue weighted by Gasteiger charge is 2.34. The Morgan fingerprint density at radius 3 is 2.81 bits per heavy atom. The molecule has 1 amide bonds. The molecule has 1 saturated carbocycles. The molecule has 8 nitrogen and oxygen atoms in total. The van der Waals surface area contributed by atoms with Gasteiger partial charge in [-0.15, -0.1) is 10.2 Å². The molecule has 0 atom stereocenters. The summed E-state index contributed by atoms with van der Waals surface area (Å²) in [6, 6.07) is 6.47. The maximum absolute atomic E-state index is 11.1. The summed E-state index contributed by atoms with van der Waals surface area (Å²) in [7, 11) is 4.10. The van der Waals surface area contributed by atoms with Crippen LogP contribution in [0.1, 0.15) is 42.9 Å². The van der Waals surface area contributed by atoms with E-state index in [1.807, 2.05) is 13.1 Å². The van der Waals surface area contributed by atoms with E-state index in [0.717, 1.165) is 48.6 Å². The Kier molecular flexibility index (Phi) is 4.88. The molecule has 3 aromatic rings. The Bertz CT molecular complexity index is 960. The molecule has 1 aliphatic rings. The van der Waals surface area contributed by atoms with Crippen LogP contribution in [0.25, 0.3) is 11.0 Å². The summed E-state index contributed by atoms with van der Waals surface area (Å²) in [5.74, 6) is 2.37. The normalized spacial score (nSPS) is 19.4. The van der Waals surface area contributed by atoms with E-state index in [-0.39, 0.29) is 11.9 Å². The van der Waals surface area contributed by atoms with E-state index in [0.29, 0.717) is 5.92 Å². The third-order valence-corrected chi connectivity index (χ3v) is 5.65. The topological polar surface area (TPSA) is 88.8 Å². The number of carbonyl (C=O) groups excluding carboxylic acids is 1. The van der Waals surface area contributed by atoms with Crippen LogP contribution in [0.5, 0.6) is 0 Å². The number of fused-ring (bicyclic) bond motifs is 1. The molecule has 0 saturated heterocycles. The summed E-state index contributed by atoms with van der Waals surface area (Å²) in [6.07, 6.45) is 1.87. The monoisotopic (exact) mass is 385 g/mol. The van der Waals surface area contributed by atoms with Crippen LogP contribution in [-0.4, -0.2) is 47.4 Å². The number of hydrogen-bond donors (Lipinski definition) is 1. The van der Waals surface area contributed by atoms with Gasteiger partial charge in [-0.05, 0) is 37.6 Å². The maximum atomic E-state index is 11.1. The Balaban J connectivity index is 1.36. The average Bonchev–Trinajstić information content (AvgIpc) is 3.18. The van der Waals surface area contributed by atoms with E-state index < -0.39 is 0 Å². The predicted octanol–water partition coefficient (Wildman–Crippen LogP) is 1.83. The fraction of sp³-hybridized carbons (Fsp3) is 0.500. The van der Waals surface area contributed by atoms with Crippen molar-refractivity contribution < 1.29 is 4.79 Å². The van der Waals surface area contributed by atoms with Gasteiger partial charge in [0.25, 0.3) is 0 Å². The molecule has 1 aliphatic carbocycles. The standard InChI is InChI=1S/C18H23N7OS/c1-11(26)19-14-7-13(8-14)18-21-20-17(25(18)3)10-24(2)9-12-4-5-15-16(6-12)23-27-22-15/h4-6,13-14H,7-10H2,1-3H3,(H,19,26). The molecular weight excluding hydrogens is 362 g/mol. The fourth-order valence-electron chi connectivity index (χ4n) is 3.64. The van der Waals surface area contributed by atoms with Gasteiger partial charge < -0.3 is 9.88 Å². The van der Waals surface area contributed by atoms with Crippen molar-refractivity contribution in [3.63, 3.8) is 0 Å². The summed E-state index contributed by atoms with van der Waals surface area (Å²) >= 11 is 1.24. The highest BCUT2D eigenvalue weighted by molar-refractivity contribution is 7.00. The summed E-state index contributed by atoms with van der Waals surface area (Å²) in [5, 5.41) is 11.8. The summed E-state index contributed by atoms with van der Waals surface area (Å²) in [6.45, 7) is 3.09. The number of aromatic nitrogens is 5. The first-order valence-electron chi connectivity index (χ1n) is 9.04. The van der Waals surface area contributed by atoms with E-state index in [4.69, 9.17) is 0 Å². The first kappa shape index (κ1) is 18.0. The Morgan fingerprint density at radius 2 is 2.04 bits per heavy atom. The highest BCUT2D eigenvalue weighted by atomic mass is 32.1. The first-order valence-corrected chi connectivity index (χ1v) is 9.77. The van der Waals surface area contributed by atoms with E-state index in [2.05, 4.69) is 52.9 Å². The largest absolute Gasteiger partial charge is 0.354 e. The lowest BCUT2D eigenvalue weighted by Gasteiger charge is -2.34. The van der Waals surface area contributed by atoms with Crippen LogP contribution in [0.15, 0.2) is 18.2 Å². The number of amides is 1. The molecule has 142 valence electrons. The minimum atomic E-state index is 0.0327. The number of nitrogens with zero attached hydrogens (tertiary/aromatic N) is 6. The van der Waals surface area contributed by atoms with Gasteiger partial charge in [0.1, 0.15) is 22.7 Å². The smallest absolute Gasteiger partial charge is 0.217 e. The van der Waals surface area contributed by atoms with E-state index >= 15 is 0 Å². The Hall–Kier alpha value is -2.39. The van der Waals surface area contributed by atoms with Gasteiger partial charge in [0.15, 0.2) is 0 Å². The maximum Gasteiger partial charge on any atom is 0.217 e. The molecule has 1 N–H and O–H groups in total. The van der Waals surface area contributed by atoms with Crippen LogP contribution in [0.3, 0.4) is 0 Å². The van der Waals surface area contributed by atoms with Gasteiger partial charge in [-0.3, -0.25) is 9.69 Å². The lowest BCUT2D eigenvalue weighted by molar-refractivity contribution is -0.120. The molecule has 9 heteroatoms. The van der Waals surface area contributed by atoms with Crippen molar-refractivity contribution >= 4 is 28.7 Å². The van der Waals surface area contributed by atoms with Gasteiger partial charge in [0.2, 0.25) is 5.91 Å². The van der Waals surface area contributed by atoms with Gasteiger partial charge >= 0.3 is 0 Å². The molecule has 0 aliphatic heterocycles. The molecule has 1 aromatic carbocycles. The van der Waals surface area contributed by atoms with E-state index in [1.54, 1.807) is 6.92 Å². The third-order valence-electron chi connectivity index (χ3n) is 5.09. The number of nitrogens with one attached hydrogen (secondary N) is 1. The van der Waals surface area contributed by atoms with Crippen LogP contribution >= 0.6 is 11.7 Å². The second-order valence-electron chi connectivity index (χ2n) is 7.36. The molecule has 4 rings (SSSR count). The number of rotatable bonds is 6. The van der Waals surface area contributed by atoms with Crippen molar-refractivity contribution in [3.8, 4) is 0 Å². The SMILES string of the molecule is CC(=O)NC1CC(c2nnc(CN(C)Cc3ccc4nsnc4c3)n2C)C1. The van der Waals surface area contributed by atoms with Gasteiger partial charge in [-0.1, -0.05) is 6.07 Å². The molecule has 0 spiro atoms. The molecule has 2 heterocycles. The van der Waals surface area contributed by atoms with Gasteiger partial charge in [0, 0.05) is 32.5 Å². The molecule has 0 unspecified atom stereocenters. The van der Waals surface area contributed by atoms with E-state index in [9.17, 15) is 4.79 Å². The zero-order chi connectivity index (χ0) is 19.0. The first-order chi connectivity index (χ1) is 13.0. The minimum absolute atomic E-state index is 0.0327. The summed E-state index contributed by atoms with van der Waals surface area (Å²) in [5.41, 5.74) is 3.10. The van der Waals surface area contributed by atoms with Crippen LogP contribution in [-0.2, 0) is 24.9 Å². The van der Waals surface area contributed by atoms with Crippen LogP contribution in [0, 0.1) is 0 Å². The predicted molar refractivity (Wildman–Crippen MR) is 103 cm³/mol. The van der Waals surface area contributed by atoms with Crippen molar-refractivity contribution in [1.82, 2.24) is 33.7 Å². The van der Waals surface area contributed by atoms with Gasteiger partial charge in [0.05, 0.1) is 18.3 Å². The second kappa shape index (κ2) is 7.32. The average molecular weight is 385 g/mol. The van der Waals surface area contributed by atoms with Crippen molar-refractivity contribution in [2.45, 2.75) is 44.8 Å². The number of hydrogen-bond acceptors (Lipinski definition) is 7. The fourth-order valence-corrected chi connectivity index (χ4v) is 4.15. The zero-order valence-corrected chi connectivity index (χ0v) is 16.5. The number of benzene rings is 1. The minimum Gasteiger partial charge on any atom is -0.354 e. The van der Waals surface area contributed by atoms with Crippen LogP contribution < -0.4 is 5.32 Å². The van der Waals surface area contributed by atoms with Crippen molar-refractivity contribution in [2.75, 3.05) is 7.05 Å².